The van der Waals surface area contributed by atoms with Crippen LogP contribution in [0.1, 0.15) is 34.6 Å². The van der Waals surface area contributed by atoms with Crippen molar-refractivity contribution in [3.63, 3.8) is 0 Å². The van der Waals surface area contributed by atoms with Crippen LogP contribution in [0.5, 0.6) is 5.88 Å². The van der Waals surface area contributed by atoms with Crippen LogP contribution in [0.2, 0.25) is 0 Å². The highest BCUT2D eigenvalue weighted by Crippen LogP contribution is 2.14. The van der Waals surface area contributed by atoms with E-state index in [9.17, 15) is 19.5 Å². The molecule has 0 fully saturated rings. The maximum absolute atomic E-state index is 11.5. The molecule has 0 unspecified atom stereocenters. The van der Waals surface area contributed by atoms with E-state index in [1.165, 1.54) is 0 Å². The summed E-state index contributed by atoms with van der Waals surface area (Å²) in [6, 6.07) is 0.949. The zero-order valence-corrected chi connectivity index (χ0v) is 10.7. The summed E-state index contributed by atoms with van der Waals surface area (Å²) in [5, 5.41) is 9.42. The highest BCUT2D eigenvalue weighted by Gasteiger charge is 2.20. The van der Waals surface area contributed by atoms with Gasteiger partial charge in [-0.3, -0.25) is 9.78 Å². The number of aromatic nitrogens is 1. The highest BCUT2D eigenvalue weighted by atomic mass is 16.5. The van der Waals surface area contributed by atoms with Gasteiger partial charge in [0.25, 0.3) is 5.56 Å². The van der Waals surface area contributed by atoms with Gasteiger partial charge in [-0.25, -0.2) is 9.59 Å². The van der Waals surface area contributed by atoms with Crippen LogP contribution in [-0.2, 0) is 9.47 Å². The van der Waals surface area contributed by atoms with Crippen molar-refractivity contribution in [1.82, 2.24) is 11.1 Å². The summed E-state index contributed by atoms with van der Waals surface area (Å²) in [4.78, 5) is 36.3. The number of ether oxygens (including phenoxy) is 2. The second-order valence-corrected chi connectivity index (χ2v) is 3.22. The minimum Gasteiger partial charge on any atom is -0.494 e. The Labute approximate surface area is 108 Å². The molecule has 19 heavy (non-hydrogen) atoms. The summed E-state index contributed by atoms with van der Waals surface area (Å²) < 4.78 is 9.32. The van der Waals surface area contributed by atoms with E-state index < -0.39 is 23.4 Å². The van der Waals surface area contributed by atoms with Crippen molar-refractivity contribution < 1.29 is 24.2 Å². The minimum absolute atomic E-state index is 0. The van der Waals surface area contributed by atoms with E-state index >= 15 is 0 Å². The summed E-state index contributed by atoms with van der Waals surface area (Å²) in [6.45, 7) is 3.37. The van der Waals surface area contributed by atoms with Crippen molar-refractivity contribution in [2.75, 3.05) is 13.2 Å². The Bertz CT molecular complexity index is 522. The topological polar surface area (TPSA) is 141 Å². The smallest absolute Gasteiger partial charge is 0.343 e. The first kappa shape index (κ1) is 16.6. The zero-order valence-electron chi connectivity index (χ0n) is 10.7. The second-order valence-electron chi connectivity index (χ2n) is 3.22. The van der Waals surface area contributed by atoms with Crippen LogP contribution < -0.4 is 11.7 Å². The van der Waals surface area contributed by atoms with Crippen molar-refractivity contribution >= 4 is 11.9 Å². The molecule has 0 amide bonds. The molecule has 0 aliphatic rings. The third-order valence-electron chi connectivity index (χ3n) is 2.01. The predicted octanol–water partition coefficient (Wildman–Crippen LogP) is 0.596. The van der Waals surface area contributed by atoms with Gasteiger partial charge in [0.05, 0.1) is 13.2 Å². The first-order valence-electron chi connectivity index (χ1n) is 5.31. The number of carbonyl (C=O) groups excluding carboxylic acids is 2. The molecule has 0 spiro atoms. The van der Waals surface area contributed by atoms with Gasteiger partial charge >= 0.3 is 11.9 Å². The Balaban J connectivity index is 0.00000324. The van der Waals surface area contributed by atoms with E-state index in [0.717, 1.165) is 6.07 Å². The molecule has 1 aromatic heterocycles. The summed E-state index contributed by atoms with van der Waals surface area (Å²) in [7, 11) is 0. The molecule has 0 atom stereocenters. The summed E-state index contributed by atoms with van der Waals surface area (Å²) in [5.41, 5.74) is -1.49. The van der Waals surface area contributed by atoms with Crippen molar-refractivity contribution in [2.45, 2.75) is 13.8 Å². The Kier molecular flexibility index (Phi) is 6.28. The Morgan fingerprint density at radius 3 is 2.11 bits per heavy atom. The standard InChI is InChI=1S/C11H13NO6.H3N/c1-3-17-10(15)6-5-7(11(16)18-4-2)9(14)12-8(6)13;/h5H,3-4H2,1-2H3,(H2,12,13,14);1H3. The summed E-state index contributed by atoms with van der Waals surface area (Å²) in [5.74, 6) is -2.35. The molecule has 0 aliphatic heterocycles. The SMILES string of the molecule is CCOC(=O)c1cc(C(=O)OCC)c(=O)[nH]c1O.N. The van der Waals surface area contributed by atoms with Gasteiger partial charge in [-0.1, -0.05) is 0 Å². The average Bonchev–Trinajstić information content (AvgIpc) is 2.29. The number of rotatable bonds is 4. The molecule has 0 aliphatic carbocycles. The molecule has 8 nitrogen and oxygen atoms in total. The van der Waals surface area contributed by atoms with Crippen molar-refractivity contribution in [1.29, 1.82) is 0 Å². The molecule has 0 bridgehead atoms. The Morgan fingerprint density at radius 2 is 1.63 bits per heavy atom. The quantitative estimate of drug-likeness (QED) is 0.681. The molecular weight excluding hydrogens is 256 g/mol. The molecular formula is C11H16N2O6. The van der Waals surface area contributed by atoms with E-state index in [-0.39, 0.29) is 30.5 Å². The summed E-state index contributed by atoms with van der Waals surface area (Å²) >= 11 is 0. The monoisotopic (exact) mass is 272 g/mol. The number of pyridine rings is 1. The van der Waals surface area contributed by atoms with Crippen LogP contribution in [0.4, 0.5) is 0 Å². The average molecular weight is 272 g/mol. The highest BCUT2D eigenvalue weighted by molar-refractivity contribution is 5.96. The third-order valence-corrected chi connectivity index (χ3v) is 2.01. The van der Waals surface area contributed by atoms with Gasteiger partial charge < -0.3 is 20.7 Å². The van der Waals surface area contributed by atoms with Crippen LogP contribution in [0.15, 0.2) is 10.9 Å². The van der Waals surface area contributed by atoms with Crippen molar-refractivity contribution in [3.05, 3.63) is 27.5 Å². The maximum Gasteiger partial charge on any atom is 0.343 e. The van der Waals surface area contributed by atoms with Gasteiger partial charge in [-0.2, -0.15) is 0 Å². The first-order chi connectivity index (χ1) is 8.51. The van der Waals surface area contributed by atoms with E-state index in [0.29, 0.717) is 0 Å². The second kappa shape index (κ2) is 7.17. The number of aromatic amines is 1. The van der Waals surface area contributed by atoms with Gasteiger partial charge in [0, 0.05) is 0 Å². The number of nitrogens with one attached hydrogen (secondary N) is 1. The Hall–Kier alpha value is -2.35. The number of esters is 2. The lowest BCUT2D eigenvalue weighted by Gasteiger charge is -2.06. The number of hydrogen-bond donors (Lipinski definition) is 3. The minimum atomic E-state index is -0.871. The molecule has 1 aromatic rings. The van der Waals surface area contributed by atoms with Crippen LogP contribution in [0.25, 0.3) is 0 Å². The molecule has 0 aromatic carbocycles. The fourth-order valence-corrected chi connectivity index (χ4v) is 1.25. The van der Waals surface area contributed by atoms with Crippen molar-refractivity contribution in [2.24, 2.45) is 0 Å². The fourth-order valence-electron chi connectivity index (χ4n) is 1.25. The molecule has 0 radical (unpaired) electrons. The van der Waals surface area contributed by atoms with Gasteiger partial charge in [0.15, 0.2) is 0 Å². The maximum atomic E-state index is 11.5. The van der Waals surface area contributed by atoms with E-state index in [1.54, 1.807) is 13.8 Å². The van der Waals surface area contributed by atoms with Crippen molar-refractivity contribution in [3.8, 4) is 5.88 Å². The molecule has 1 rings (SSSR count). The van der Waals surface area contributed by atoms with Gasteiger partial charge in [-0.15, -0.1) is 0 Å². The molecule has 1 heterocycles. The van der Waals surface area contributed by atoms with E-state index in [1.807, 2.05) is 4.98 Å². The zero-order chi connectivity index (χ0) is 13.7. The third kappa shape index (κ3) is 3.81. The lowest BCUT2D eigenvalue weighted by atomic mass is 10.2. The molecule has 5 N–H and O–H groups in total. The number of aromatic hydroxyl groups is 1. The van der Waals surface area contributed by atoms with Crippen LogP contribution in [0.3, 0.4) is 0 Å². The number of H-pyrrole nitrogens is 1. The molecule has 0 saturated heterocycles. The lowest BCUT2D eigenvalue weighted by Crippen LogP contribution is -2.21. The molecule has 8 heteroatoms. The van der Waals surface area contributed by atoms with E-state index in [2.05, 4.69) is 9.47 Å². The molecule has 0 saturated carbocycles. The number of hydrogen-bond acceptors (Lipinski definition) is 7. The Morgan fingerprint density at radius 1 is 1.16 bits per heavy atom. The van der Waals surface area contributed by atoms with Crippen LogP contribution >= 0.6 is 0 Å². The van der Waals surface area contributed by atoms with Gasteiger partial charge in [-0.05, 0) is 19.9 Å². The lowest BCUT2D eigenvalue weighted by molar-refractivity contribution is 0.0520. The van der Waals surface area contributed by atoms with Crippen LogP contribution in [-0.4, -0.2) is 35.2 Å². The largest absolute Gasteiger partial charge is 0.494 e. The van der Waals surface area contributed by atoms with E-state index in [4.69, 9.17) is 0 Å². The predicted molar refractivity (Wildman–Crippen MR) is 65.7 cm³/mol. The summed E-state index contributed by atoms with van der Waals surface area (Å²) in [6.07, 6.45) is 0. The number of carbonyl (C=O) groups is 2. The van der Waals surface area contributed by atoms with Gasteiger partial charge in [0.2, 0.25) is 5.88 Å². The normalized spacial score (nSPS) is 9.37. The molecule has 106 valence electrons. The first-order valence-corrected chi connectivity index (χ1v) is 5.31. The fraction of sp³-hybridized carbons (Fsp3) is 0.364. The van der Waals surface area contributed by atoms with Gasteiger partial charge in [0.1, 0.15) is 11.1 Å². The van der Waals surface area contributed by atoms with Crippen LogP contribution in [0, 0.1) is 0 Å².